The number of carbonyl (C=O) groups excluding carboxylic acids is 2. The Labute approximate surface area is 271 Å². The van der Waals surface area contributed by atoms with Gasteiger partial charge in [0.05, 0.1) is 5.60 Å². The Morgan fingerprint density at radius 2 is 1.59 bits per heavy atom. The standard InChI is InChI=1S/C38H46O8/c1-20(2)10-9-11-22(5)13-15-25-30(39)26(14-12-21(3)4)33-29(31(25)40)32(41)27-18-24-19-28-36(7,8)46-37(34(24)42,38(27,28)45-33)17-16-23(6)35(43)44/h10,12-13,16,18,24,28,39-40H,9,11,14-15,17,19H2,1-8H3,(H,43,44)/t24-,28+,37+,38-/m1/s1. The first-order valence-electron chi connectivity index (χ1n) is 16.1. The third-order valence-electron chi connectivity index (χ3n) is 10.2. The van der Waals surface area contributed by atoms with Gasteiger partial charge in [0.25, 0.3) is 0 Å². The summed E-state index contributed by atoms with van der Waals surface area (Å²) >= 11 is 0. The monoisotopic (exact) mass is 630 g/mol. The largest absolute Gasteiger partial charge is 0.507 e. The van der Waals surface area contributed by atoms with Gasteiger partial charge in [-0.3, -0.25) is 9.59 Å². The van der Waals surface area contributed by atoms with Crippen LogP contribution in [0.1, 0.15) is 103 Å². The molecular weight excluding hydrogens is 584 g/mol. The van der Waals surface area contributed by atoms with Crippen LogP contribution in [0.5, 0.6) is 17.2 Å². The first-order chi connectivity index (χ1) is 21.5. The molecule has 0 amide bonds. The number of aliphatic carboxylic acids is 1. The average Bonchev–Trinajstić information content (AvgIpc) is 3.12. The molecule has 5 aliphatic rings. The highest BCUT2D eigenvalue weighted by molar-refractivity contribution is 6.18. The van der Waals surface area contributed by atoms with E-state index in [2.05, 4.69) is 19.9 Å². The minimum atomic E-state index is -1.67. The van der Waals surface area contributed by atoms with Crippen LogP contribution < -0.4 is 4.74 Å². The molecule has 8 nitrogen and oxygen atoms in total. The van der Waals surface area contributed by atoms with E-state index in [1.807, 2.05) is 46.8 Å². The van der Waals surface area contributed by atoms with Gasteiger partial charge >= 0.3 is 5.97 Å². The molecule has 0 unspecified atom stereocenters. The molecule has 4 atom stereocenters. The van der Waals surface area contributed by atoms with E-state index in [9.17, 15) is 29.7 Å². The Bertz CT molecular complexity index is 1670. The topological polar surface area (TPSA) is 130 Å². The number of hydrogen-bond acceptors (Lipinski definition) is 7. The lowest BCUT2D eigenvalue weighted by molar-refractivity contribution is -0.171. The highest BCUT2D eigenvalue weighted by Gasteiger charge is 2.81. The molecule has 0 radical (unpaired) electrons. The molecule has 8 heteroatoms. The maximum atomic E-state index is 14.7. The zero-order valence-electron chi connectivity index (χ0n) is 28.2. The van der Waals surface area contributed by atoms with Gasteiger partial charge in [0.2, 0.25) is 0 Å². The number of Topliss-reactive ketones (excluding diaryl/α,β-unsaturated/α-hetero) is 2. The Kier molecular flexibility index (Phi) is 8.52. The van der Waals surface area contributed by atoms with Gasteiger partial charge in [-0.2, -0.15) is 0 Å². The van der Waals surface area contributed by atoms with Crippen LogP contribution in [0.3, 0.4) is 0 Å². The Balaban J connectivity index is 1.71. The molecule has 1 saturated carbocycles. The number of benzene rings is 1. The fourth-order valence-electron chi connectivity index (χ4n) is 7.80. The van der Waals surface area contributed by atoms with Crippen LogP contribution in [0.25, 0.3) is 0 Å². The van der Waals surface area contributed by atoms with E-state index < -0.39 is 40.4 Å². The molecule has 2 aliphatic heterocycles. The van der Waals surface area contributed by atoms with Gasteiger partial charge in [-0.25, -0.2) is 4.79 Å². The van der Waals surface area contributed by atoms with Gasteiger partial charge in [-0.15, -0.1) is 0 Å². The molecule has 0 aromatic heterocycles. The molecule has 3 N–H and O–H groups in total. The second-order valence-electron chi connectivity index (χ2n) is 14.4. The van der Waals surface area contributed by atoms with E-state index in [0.29, 0.717) is 12.0 Å². The van der Waals surface area contributed by atoms with Crippen LogP contribution >= 0.6 is 0 Å². The van der Waals surface area contributed by atoms with E-state index in [1.54, 1.807) is 6.08 Å². The summed E-state index contributed by atoms with van der Waals surface area (Å²) in [6.07, 6.45) is 11.6. The molecule has 3 aliphatic carbocycles. The number of phenolic OH excluding ortho intramolecular Hbond substituents is 2. The van der Waals surface area contributed by atoms with E-state index >= 15 is 0 Å². The second-order valence-corrected chi connectivity index (χ2v) is 14.4. The SMILES string of the molecule is CC(C)=CCCC(C)=CCc1c(O)c(CC=C(C)C)c2c(c1O)C(=O)C1=C[C@@H]3C[C@H]4C(C)(C)O[C@@](CC=C(C)C(=O)O)(C3=O)[C@@]14O2. The van der Waals surface area contributed by atoms with Gasteiger partial charge in [-0.1, -0.05) is 47.1 Å². The van der Waals surface area contributed by atoms with Gasteiger partial charge in [0.1, 0.15) is 22.8 Å². The third-order valence-corrected chi connectivity index (χ3v) is 10.2. The van der Waals surface area contributed by atoms with Crippen molar-refractivity contribution in [2.24, 2.45) is 11.8 Å². The predicted octanol–water partition coefficient (Wildman–Crippen LogP) is 7.27. The Morgan fingerprint density at radius 3 is 2.22 bits per heavy atom. The van der Waals surface area contributed by atoms with Crippen molar-refractivity contribution in [3.05, 3.63) is 74.9 Å². The van der Waals surface area contributed by atoms with Gasteiger partial charge in [0.15, 0.2) is 22.8 Å². The summed E-state index contributed by atoms with van der Waals surface area (Å²) in [6.45, 7) is 15.2. The number of carboxylic acids is 1. The van der Waals surface area contributed by atoms with Crippen LogP contribution in [-0.4, -0.2) is 49.7 Å². The van der Waals surface area contributed by atoms with Gasteiger partial charge in [-0.05, 0) is 87.5 Å². The van der Waals surface area contributed by atoms with Crippen molar-refractivity contribution >= 4 is 17.5 Å². The number of ketones is 2. The van der Waals surface area contributed by atoms with E-state index in [4.69, 9.17) is 9.47 Å². The molecule has 6 rings (SSSR count). The molecule has 2 heterocycles. The Hall–Kier alpha value is -3.91. The van der Waals surface area contributed by atoms with Crippen molar-refractivity contribution in [2.45, 2.75) is 111 Å². The lowest BCUT2D eigenvalue weighted by atomic mass is 9.51. The summed E-state index contributed by atoms with van der Waals surface area (Å²) < 4.78 is 13.6. The number of aromatic hydroxyl groups is 2. The van der Waals surface area contributed by atoms with E-state index in [0.717, 1.165) is 24.0 Å². The lowest BCUT2D eigenvalue weighted by Crippen LogP contribution is -2.72. The summed E-state index contributed by atoms with van der Waals surface area (Å²) in [4.78, 5) is 40.6. The molecule has 4 bridgehead atoms. The van der Waals surface area contributed by atoms with Crippen molar-refractivity contribution in [3.8, 4) is 17.2 Å². The minimum absolute atomic E-state index is 0.0259. The highest BCUT2D eigenvalue weighted by Crippen LogP contribution is 2.68. The Morgan fingerprint density at radius 1 is 0.935 bits per heavy atom. The zero-order chi connectivity index (χ0) is 33.9. The third kappa shape index (κ3) is 5.05. The van der Waals surface area contributed by atoms with Crippen molar-refractivity contribution in [1.29, 1.82) is 0 Å². The molecule has 2 fully saturated rings. The number of carbonyl (C=O) groups is 3. The fraction of sp³-hybridized carbons (Fsp3) is 0.500. The maximum absolute atomic E-state index is 14.7. The maximum Gasteiger partial charge on any atom is 0.330 e. The summed E-state index contributed by atoms with van der Waals surface area (Å²) in [5.74, 6) is -3.33. The number of hydrogen-bond donors (Lipinski definition) is 3. The van der Waals surface area contributed by atoms with Crippen molar-refractivity contribution in [1.82, 2.24) is 0 Å². The smallest absolute Gasteiger partial charge is 0.330 e. The van der Waals surface area contributed by atoms with Crippen molar-refractivity contribution < 1.29 is 39.2 Å². The van der Waals surface area contributed by atoms with E-state index in [1.165, 1.54) is 18.6 Å². The minimum Gasteiger partial charge on any atom is -0.507 e. The summed E-state index contributed by atoms with van der Waals surface area (Å²) in [6, 6.07) is 0. The molecule has 246 valence electrons. The van der Waals surface area contributed by atoms with Gasteiger partial charge < -0.3 is 24.8 Å². The summed E-state index contributed by atoms with van der Waals surface area (Å²) in [5.41, 5.74) is 0.0623. The molecular formula is C38H46O8. The van der Waals surface area contributed by atoms with Gasteiger partial charge in [0, 0.05) is 40.5 Å². The number of ether oxygens (including phenoxy) is 2. The van der Waals surface area contributed by atoms with Crippen LogP contribution in [0.2, 0.25) is 0 Å². The quantitative estimate of drug-likeness (QED) is 0.182. The predicted molar refractivity (Wildman–Crippen MR) is 175 cm³/mol. The van der Waals surface area contributed by atoms with Crippen LogP contribution in [0.15, 0.2) is 58.2 Å². The number of phenols is 2. The summed E-state index contributed by atoms with van der Waals surface area (Å²) in [7, 11) is 0. The average molecular weight is 631 g/mol. The zero-order valence-corrected chi connectivity index (χ0v) is 28.2. The van der Waals surface area contributed by atoms with Crippen molar-refractivity contribution in [2.75, 3.05) is 0 Å². The number of fused-ring (bicyclic) bond motifs is 1. The van der Waals surface area contributed by atoms with Crippen LogP contribution in [0, 0.1) is 11.8 Å². The first kappa shape index (κ1) is 33.5. The molecule has 46 heavy (non-hydrogen) atoms. The van der Waals surface area contributed by atoms with Crippen LogP contribution in [0.4, 0.5) is 0 Å². The number of rotatable bonds is 10. The van der Waals surface area contributed by atoms with E-state index in [-0.39, 0.29) is 64.6 Å². The molecule has 1 saturated heterocycles. The highest BCUT2D eigenvalue weighted by atomic mass is 16.6. The summed E-state index contributed by atoms with van der Waals surface area (Å²) in [5, 5.41) is 33.0. The van der Waals surface area contributed by atoms with Crippen molar-refractivity contribution in [3.63, 3.8) is 0 Å². The lowest BCUT2D eigenvalue weighted by Gasteiger charge is -2.56. The molecule has 1 aromatic carbocycles. The normalized spacial score (nSPS) is 27.4. The number of carboxylic acid groups (broad SMARTS) is 1. The fourth-order valence-corrected chi connectivity index (χ4v) is 7.80. The van der Waals surface area contributed by atoms with Crippen LogP contribution in [-0.2, 0) is 27.2 Å². The molecule has 1 spiro atoms. The second kappa shape index (κ2) is 11.7. The first-order valence-corrected chi connectivity index (χ1v) is 16.1. The molecule has 1 aromatic rings. The number of allylic oxidation sites excluding steroid dienone is 7.